The molecule has 0 saturated carbocycles. The second-order valence-corrected chi connectivity index (χ2v) is 10.4. The quantitative estimate of drug-likeness (QED) is 0.157. The summed E-state index contributed by atoms with van der Waals surface area (Å²) in [6.45, 7) is 6.12. The molecule has 0 aliphatic heterocycles. The molecule has 21 heavy (non-hydrogen) atoms. The van der Waals surface area contributed by atoms with Crippen molar-refractivity contribution in [2.45, 2.75) is 58.3 Å². The van der Waals surface area contributed by atoms with Crippen LogP contribution in [0, 0.1) is 0 Å². The summed E-state index contributed by atoms with van der Waals surface area (Å²) in [4.78, 5) is 11.1. The average Bonchev–Trinajstić information content (AvgIpc) is 2.38. The van der Waals surface area contributed by atoms with E-state index in [-0.39, 0.29) is 5.97 Å². The van der Waals surface area contributed by atoms with E-state index in [1.165, 1.54) is 12.8 Å². The van der Waals surface area contributed by atoms with Gasteiger partial charge in [-0.2, -0.15) is 0 Å². The van der Waals surface area contributed by atoms with Crippen molar-refractivity contribution in [3.63, 3.8) is 0 Å². The standard InChI is InChI=1S/C14H27O4PS2/c1-13(2)14(15)17-11-9-7-5-3-4-6-8-10-12-18-19(16,20)21/h1,3-12H2,2H3,(H2,16,20,21). The van der Waals surface area contributed by atoms with Gasteiger partial charge in [0.1, 0.15) is 0 Å². The van der Waals surface area contributed by atoms with Crippen LogP contribution in [0.4, 0.5) is 0 Å². The van der Waals surface area contributed by atoms with Gasteiger partial charge < -0.3 is 9.26 Å². The van der Waals surface area contributed by atoms with Crippen molar-refractivity contribution < 1.29 is 18.6 Å². The maximum absolute atomic E-state index is 11.1. The molecule has 0 atom stereocenters. The normalized spacial score (nSPS) is 11.4. The van der Waals surface area contributed by atoms with Gasteiger partial charge in [0.25, 0.3) is 0 Å². The third-order valence-electron chi connectivity index (χ3n) is 2.88. The maximum atomic E-state index is 11.1. The lowest BCUT2D eigenvalue weighted by atomic mass is 10.1. The summed E-state index contributed by atoms with van der Waals surface area (Å²) in [5, 5.41) is 0. The van der Waals surface area contributed by atoms with Gasteiger partial charge in [0.15, 0.2) is 0 Å². The lowest BCUT2D eigenvalue weighted by Crippen LogP contribution is -2.05. The molecular formula is C14H27O4PS2. The van der Waals surface area contributed by atoms with Crippen molar-refractivity contribution >= 4 is 36.2 Å². The molecule has 0 amide bonds. The van der Waals surface area contributed by atoms with E-state index in [1.807, 2.05) is 0 Å². The SMILES string of the molecule is C=C(C)C(=O)OCCCCCCCCCCOP(=O)(S)S. The Kier molecular flexibility index (Phi) is 12.7. The molecule has 0 radical (unpaired) electrons. The topological polar surface area (TPSA) is 52.6 Å². The number of thiol groups is 2. The average molecular weight is 354 g/mol. The van der Waals surface area contributed by atoms with Gasteiger partial charge in [-0.15, -0.1) is 0 Å². The minimum atomic E-state index is -2.91. The molecule has 0 N–H and O–H groups in total. The zero-order chi connectivity index (χ0) is 16.1. The molecule has 0 aromatic heterocycles. The van der Waals surface area contributed by atoms with Gasteiger partial charge in [0.2, 0.25) is 0 Å². The third kappa shape index (κ3) is 16.3. The predicted molar refractivity (Wildman–Crippen MR) is 94.2 cm³/mol. The van der Waals surface area contributed by atoms with Crippen molar-refractivity contribution in [1.82, 2.24) is 0 Å². The largest absolute Gasteiger partial charge is 0.462 e. The van der Waals surface area contributed by atoms with E-state index >= 15 is 0 Å². The summed E-state index contributed by atoms with van der Waals surface area (Å²) in [5.74, 6) is -3.21. The van der Waals surface area contributed by atoms with E-state index in [2.05, 4.69) is 31.1 Å². The zero-order valence-electron chi connectivity index (χ0n) is 12.8. The molecule has 0 unspecified atom stereocenters. The molecule has 0 spiro atoms. The van der Waals surface area contributed by atoms with E-state index in [9.17, 15) is 9.36 Å². The highest BCUT2D eigenvalue weighted by Gasteiger charge is 2.08. The lowest BCUT2D eigenvalue weighted by molar-refractivity contribution is -0.139. The van der Waals surface area contributed by atoms with Crippen LogP contribution in [-0.4, -0.2) is 19.2 Å². The van der Waals surface area contributed by atoms with Crippen LogP contribution in [0.3, 0.4) is 0 Å². The molecule has 4 nitrogen and oxygen atoms in total. The fourth-order valence-corrected chi connectivity index (χ4v) is 2.59. The Morgan fingerprint density at radius 2 is 1.38 bits per heavy atom. The smallest absolute Gasteiger partial charge is 0.333 e. The number of unbranched alkanes of at least 4 members (excludes halogenated alkanes) is 7. The van der Waals surface area contributed by atoms with Gasteiger partial charge in [-0.05, 0) is 19.8 Å². The van der Waals surface area contributed by atoms with E-state index in [0.29, 0.717) is 18.8 Å². The number of rotatable bonds is 13. The van der Waals surface area contributed by atoms with Gasteiger partial charge in [0.05, 0.1) is 13.2 Å². The Morgan fingerprint density at radius 3 is 1.81 bits per heavy atom. The molecule has 0 bridgehead atoms. The lowest BCUT2D eigenvalue weighted by Gasteiger charge is -2.06. The van der Waals surface area contributed by atoms with E-state index in [1.54, 1.807) is 6.92 Å². The van der Waals surface area contributed by atoms with Crippen LogP contribution in [0.5, 0.6) is 0 Å². The minimum Gasteiger partial charge on any atom is -0.462 e. The first-order valence-corrected chi connectivity index (χ1v) is 11.3. The number of esters is 1. The predicted octanol–water partition coefficient (Wildman–Crippen LogP) is 5.21. The minimum absolute atomic E-state index is 0.302. The molecule has 0 heterocycles. The van der Waals surface area contributed by atoms with Gasteiger partial charge in [-0.3, -0.25) is 4.57 Å². The molecule has 124 valence electrons. The Balaban J connectivity index is 3.18. The van der Waals surface area contributed by atoms with Crippen molar-refractivity contribution in [1.29, 1.82) is 0 Å². The molecule has 0 aromatic rings. The van der Waals surface area contributed by atoms with E-state index in [0.717, 1.165) is 38.5 Å². The molecule has 0 fully saturated rings. The van der Waals surface area contributed by atoms with Crippen LogP contribution >= 0.6 is 30.3 Å². The second-order valence-electron chi connectivity index (χ2n) is 5.07. The van der Waals surface area contributed by atoms with Crippen LogP contribution in [0.15, 0.2) is 12.2 Å². The van der Waals surface area contributed by atoms with Gasteiger partial charge in [0, 0.05) is 5.57 Å². The summed E-state index contributed by atoms with van der Waals surface area (Å²) in [7, 11) is 0. The highest BCUT2D eigenvalue weighted by Crippen LogP contribution is 2.56. The first-order valence-electron chi connectivity index (χ1n) is 7.35. The molecule has 0 aromatic carbocycles. The molecule has 0 rings (SSSR count). The van der Waals surface area contributed by atoms with Crippen LogP contribution in [-0.2, 0) is 18.6 Å². The Labute approximate surface area is 138 Å². The van der Waals surface area contributed by atoms with Crippen LogP contribution in [0.1, 0.15) is 58.3 Å². The third-order valence-corrected chi connectivity index (χ3v) is 4.09. The van der Waals surface area contributed by atoms with Gasteiger partial charge in [-0.1, -0.05) is 69.6 Å². The Morgan fingerprint density at radius 1 is 0.952 bits per heavy atom. The van der Waals surface area contributed by atoms with Crippen molar-refractivity contribution in [2.24, 2.45) is 0 Å². The summed E-state index contributed by atoms with van der Waals surface area (Å²) < 4.78 is 21.0. The van der Waals surface area contributed by atoms with Gasteiger partial charge >= 0.3 is 11.7 Å². The molecule has 0 aliphatic carbocycles. The molecule has 7 heteroatoms. The fourth-order valence-electron chi connectivity index (χ4n) is 1.74. The van der Waals surface area contributed by atoms with E-state index in [4.69, 9.17) is 9.26 Å². The number of ether oxygens (including phenoxy) is 1. The van der Waals surface area contributed by atoms with E-state index < -0.39 is 5.77 Å². The first kappa shape index (κ1) is 21.1. The first-order chi connectivity index (χ1) is 9.83. The highest BCUT2D eigenvalue weighted by atomic mass is 33.1. The summed E-state index contributed by atoms with van der Waals surface area (Å²) in [5.41, 5.74) is 0.450. The zero-order valence-corrected chi connectivity index (χ0v) is 15.4. The monoisotopic (exact) mass is 354 g/mol. The summed E-state index contributed by atoms with van der Waals surface area (Å²) in [6, 6.07) is 0. The molecular weight excluding hydrogens is 327 g/mol. The van der Waals surface area contributed by atoms with Crippen molar-refractivity contribution in [3.8, 4) is 0 Å². The molecule has 0 saturated heterocycles. The van der Waals surface area contributed by atoms with Gasteiger partial charge in [-0.25, -0.2) is 4.79 Å². The van der Waals surface area contributed by atoms with Crippen LogP contribution in [0.25, 0.3) is 0 Å². The van der Waals surface area contributed by atoms with Crippen LogP contribution in [0.2, 0.25) is 0 Å². The number of hydrogen-bond acceptors (Lipinski definition) is 4. The highest BCUT2D eigenvalue weighted by molar-refractivity contribution is 8.79. The van der Waals surface area contributed by atoms with Crippen molar-refractivity contribution in [2.75, 3.05) is 13.2 Å². The van der Waals surface area contributed by atoms with Crippen LogP contribution < -0.4 is 0 Å². The maximum Gasteiger partial charge on any atom is 0.333 e. The number of carbonyl (C=O) groups is 1. The molecule has 0 aliphatic rings. The fraction of sp³-hybridized carbons (Fsp3) is 0.786. The Bertz CT molecular complexity index is 355. The van der Waals surface area contributed by atoms with Crippen molar-refractivity contribution in [3.05, 3.63) is 12.2 Å². The number of hydrogen-bond donors (Lipinski definition) is 2. The second kappa shape index (κ2) is 12.6. The summed E-state index contributed by atoms with van der Waals surface area (Å²) >= 11 is 7.48. The number of carbonyl (C=O) groups excluding carboxylic acids is 1. The summed E-state index contributed by atoms with van der Waals surface area (Å²) in [6.07, 6.45) is 8.62. The Hall–Kier alpha value is 0.1000.